The van der Waals surface area contributed by atoms with Gasteiger partial charge in [-0.05, 0) is 6.54 Å². The van der Waals surface area contributed by atoms with E-state index >= 15 is 0 Å². The first-order valence-electron chi connectivity index (χ1n) is 4.31. The molecule has 0 atom stereocenters. The highest BCUT2D eigenvalue weighted by Gasteiger charge is 2.27. The summed E-state index contributed by atoms with van der Waals surface area (Å²) in [5, 5.41) is 10.1. The Morgan fingerprint density at radius 2 is 2.13 bits per heavy atom. The minimum Gasteiger partial charge on any atom is -0.346 e. The zero-order valence-electron chi connectivity index (χ0n) is 8.26. The van der Waals surface area contributed by atoms with Gasteiger partial charge in [0.1, 0.15) is 6.54 Å². The van der Waals surface area contributed by atoms with Crippen LogP contribution in [0.5, 0.6) is 0 Å². The first-order chi connectivity index (χ1) is 6.89. The molecule has 7 heteroatoms. The van der Waals surface area contributed by atoms with Crippen molar-refractivity contribution in [2.45, 2.75) is 13.1 Å². The number of nitriles is 1. The van der Waals surface area contributed by atoms with Gasteiger partial charge in [0.05, 0.1) is 19.2 Å². The van der Waals surface area contributed by atoms with Crippen LogP contribution in [-0.2, 0) is 4.79 Å². The van der Waals surface area contributed by atoms with Crippen molar-refractivity contribution >= 4 is 5.91 Å². The molecule has 0 aliphatic carbocycles. The Hall–Kier alpha value is -1.29. The lowest BCUT2D eigenvalue weighted by Crippen LogP contribution is -2.41. The second-order valence-corrected chi connectivity index (χ2v) is 2.85. The summed E-state index contributed by atoms with van der Waals surface area (Å²) in [4.78, 5) is 12.4. The molecule has 0 aliphatic heterocycles. The largest absolute Gasteiger partial charge is 0.405 e. The second kappa shape index (κ2) is 6.24. The van der Waals surface area contributed by atoms with E-state index in [1.807, 2.05) is 6.07 Å². The Bertz CT molecular complexity index is 246. The summed E-state index contributed by atoms with van der Waals surface area (Å²) >= 11 is 0. The lowest BCUT2D eigenvalue weighted by molar-refractivity contribution is -0.138. The molecule has 0 aromatic carbocycles. The van der Waals surface area contributed by atoms with Gasteiger partial charge < -0.3 is 5.32 Å². The molecular formula is C8H12F3N3O. The number of likely N-dealkylation sites (N-methyl/N-ethyl adjacent to an activating group) is 1. The van der Waals surface area contributed by atoms with Crippen LogP contribution in [0.2, 0.25) is 0 Å². The van der Waals surface area contributed by atoms with Gasteiger partial charge in [-0.3, -0.25) is 9.69 Å². The number of halogens is 3. The summed E-state index contributed by atoms with van der Waals surface area (Å²) in [5.41, 5.74) is 0. The molecule has 0 saturated carbocycles. The van der Waals surface area contributed by atoms with Crippen LogP contribution in [0, 0.1) is 11.3 Å². The van der Waals surface area contributed by atoms with Gasteiger partial charge >= 0.3 is 6.18 Å². The minimum atomic E-state index is -4.40. The second-order valence-electron chi connectivity index (χ2n) is 2.85. The summed E-state index contributed by atoms with van der Waals surface area (Å²) < 4.78 is 35.1. The topological polar surface area (TPSA) is 56.1 Å². The highest BCUT2D eigenvalue weighted by atomic mass is 19.4. The zero-order chi connectivity index (χ0) is 11.9. The van der Waals surface area contributed by atoms with E-state index in [0.717, 1.165) is 0 Å². The smallest absolute Gasteiger partial charge is 0.346 e. The van der Waals surface area contributed by atoms with Crippen molar-refractivity contribution < 1.29 is 18.0 Å². The monoisotopic (exact) mass is 223 g/mol. The highest BCUT2D eigenvalue weighted by Crippen LogP contribution is 2.11. The molecule has 0 saturated heterocycles. The molecule has 15 heavy (non-hydrogen) atoms. The van der Waals surface area contributed by atoms with Crippen molar-refractivity contribution in [3.8, 4) is 6.07 Å². The van der Waals surface area contributed by atoms with E-state index in [9.17, 15) is 18.0 Å². The van der Waals surface area contributed by atoms with Gasteiger partial charge in [-0.25, -0.2) is 0 Å². The molecule has 0 unspecified atom stereocenters. The normalized spacial score (nSPS) is 11.2. The lowest BCUT2D eigenvalue weighted by atomic mass is 10.4. The van der Waals surface area contributed by atoms with Crippen LogP contribution in [0.25, 0.3) is 0 Å². The fourth-order valence-electron chi connectivity index (χ4n) is 0.837. The maximum atomic E-state index is 11.7. The molecule has 0 bridgehead atoms. The van der Waals surface area contributed by atoms with E-state index in [1.54, 1.807) is 12.2 Å². The molecule has 1 amide bonds. The Balaban J connectivity index is 3.87. The van der Waals surface area contributed by atoms with Crippen LogP contribution in [0.4, 0.5) is 13.2 Å². The van der Waals surface area contributed by atoms with Crippen LogP contribution >= 0.6 is 0 Å². The zero-order valence-corrected chi connectivity index (χ0v) is 8.26. The predicted octanol–water partition coefficient (Wildman–Crippen LogP) is 0.510. The average Bonchev–Trinajstić information content (AvgIpc) is 2.13. The number of hydrogen-bond acceptors (Lipinski definition) is 3. The van der Waals surface area contributed by atoms with Gasteiger partial charge in [-0.2, -0.15) is 18.4 Å². The molecule has 1 N–H and O–H groups in total. The van der Waals surface area contributed by atoms with Crippen molar-refractivity contribution in [2.75, 3.05) is 26.2 Å². The van der Waals surface area contributed by atoms with Crippen molar-refractivity contribution in [2.24, 2.45) is 0 Å². The number of rotatable bonds is 5. The van der Waals surface area contributed by atoms with Crippen LogP contribution < -0.4 is 5.32 Å². The third-order valence-electron chi connectivity index (χ3n) is 1.59. The van der Waals surface area contributed by atoms with Gasteiger partial charge in [-0.15, -0.1) is 0 Å². The van der Waals surface area contributed by atoms with Gasteiger partial charge in [-0.1, -0.05) is 6.92 Å². The van der Waals surface area contributed by atoms with Gasteiger partial charge in [0.2, 0.25) is 5.91 Å². The summed E-state index contributed by atoms with van der Waals surface area (Å²) in [6.07, 6.45) is -4.40. The predicted molar refractivity (Wildman–Crippen MR) is 46.8 cm³/mol. The maximum absolute atomic E-state index is 11.7. The van der Waals surface area contributed by atoms with E-state index in [1.165, 1.54) is 4.90 Å². The summed E-state index contributed by atoms with van der Waals surface area (Å²) in [5.74, 6) is -0.732. The average molecular weight is 223 g/mol. The third kappa shape index (κ3) is 7.76. The fourth-order valence-corrected chi connectivity index (χ4v) is 0.837. The van der Waals surface area contributed by atoms with E-state index in [0.29, 0.717) is 6.54 Å². The number of alkyl halides is 3. The lowest BCUT2D eigenvalue weighted by Gasteiger charge is -2.16. The van der Waals surface area contributed by atoms with Crippen LogP contribution in [-0.4, -0.2) is 43.2 Å². The number of carbonyl (C=O) groups is 1. The molecule has 0 rings (SSSR count). The number of carbonyl (C=O) groups excluding carboxylic acids is 1. The Morgan fingerprint density at radius 1 is 1.53 bits per heavy atom. The number of nitrogens with one attached hydrogen (secondary N) is 1. The Kier molecular flexibility index (Phi) is 5.70. The van der Waals surface area contributed by atoms with E-state index in [-0.39, 0.29) is 13.1 Å². The number of hydrogen-bond donors (Lipinski definition) is 1. The first kappa shape index (κ1) is 13.7. The highest BCUT2D eigenvalue weighted by molar-refractivity contribution is 5.78. The molecule has 0 aromatic rings. The molecule has 0 aliphatic rings. The molecule has 0 heterocycles. The van der Waals surface area contributed by atoms with Gasteiger partial charge in [0.15, 0.2) is 0 Å². The van der Waals surface area contributed by atoms with Crippen LogP contribution in [0.3, 0.4) is 0 Å². The van der Waals surface area contributed by atoms with E-state index in [2.05, 4.69) is 0 Å². The fraction of sp³-hybridized carbons (Fsp3) is 0.750. The van der Waals surface area contributed by atoms with Gasteiger partial charge in [0, 0.05) is 0 Å². The van der Waals surface area contributed by atoms with Crippen molar-refractivity contribution in [3.63, 3.8) is 0 Å². The minimum absolute atomic E-state index is 0.0237. The van der Waals surface area contributed by atoms with Gasteiger partial charge in [0.25, 0.3) is 0 Å². The Labute approximate surface area is 85.7 Å². The number of nitrogens with zero attached hydrogens (tertiary/aromatic N) is 2. The van der Waals surface area contributed by atoms with E-state index in [4.69, 9.17) is 5.26 Å². The maximum Gasteiger partial charge on any atom is 0.405 e. The molecular weight excluding hydrogens is 211 g/mol. The third-order valence-corrected chi connectivity index (χ3v) is 1.59. The first-order valence-corrected chi connectivity index (χ1v) is 4.31. The van der Waals surface area contributed by atoms with Crippen molar-refractivity contribution in [1.82, 2.24) is 10.2 Å². The standard InChI is InChI=1S/C8H12F3N3O/c1-2-14(4-3-12)5-7(15)13-6-8(9,10)11/h2,4-6H2,1H3,(H,13,15). The van der Waals surface area contributed by atoms with Crippen molar-refractivity contribution in [1.29, 1.82) is 5.26 Å². The quantitative estimate of drug-likeness (QED) is 0.691. The van der Waals surface area contributed by atoms with Crippen LogP contribution in [0.1, 0.15) is 6.92 Å². The molecule has 86 valence electrons. The molecule has 0 radical (unpaired) electrons. The van der Waals surface area contributed by atoms with E-state index < -0.39 is 18.6 Å². The molecule has 4 nitrogen and oxygen atoms in total. The summed E-state index contributed by atoms with van der Waals surface area (Å²) in [6.45, 7) is 0.646. The SMILES string of the molecule is CCN(CC#N)CC(=O)NCC(F)(F)F. The molecule has 0 aromatic heterocycles. The van der Waals surface area contributed by atoms with Crippen LogP contribution in [0.15, 0.2) is 0 Å². The Morgan fingerprint density at radius 3 is 2.53 bits per heavy atom. The number of amides is 1. The summed E-state index contributed by atoms with van der Waals surface area (Å²) in [6, 6.07) is 1.82. The molecule has 0 spiro atoms. The molecule has 0 fully saturated rings. The van der Waals surface area contributed by atoms with Crippen molar-refractivity contribution in [3.05, 3.63) is 0 Å². The summed E-state index contributed by atoms with van der Waals surface area (Å²) in [7, 11) is 0.